The van der Waals surface area contributed by atoms with Gasteiger partial charge in [0.25, 0.3) is 11.5 Å². The van der Waals surface area contributed by atoms with Crippen LogP contribution in [0, 0.1) is 0 Å². The second-order valence-corrected chi connectivity index (χ2v) is 8.93. The van der Waals surface area contributed by atoms with Crippen LogP contribution in [0.2, 0.25) is 0 Å². The first-order valence-electron chi connectivity index (χ1n) is 11.7. The van der Waals surface area contributed by atoms with Crippen LogP contribution in [0.4, 0.5) is 31.1 Å². The number of aryl methyl sites for hydroxylation is 1. The summed E-state index contributed by atoms with van der Waals surface area (Å²) in [6.07, 6.45) is -9.53. The Morgan fingerprint density at radius 3 is 2.08 bits per heavy atom. The van der Waals surface area contributed by atoms with Crippen LogP contribution in [0.1, 0.15) is 57.6 Å². The molecule has 1 atom stereocenters. The molecule has 1 unspecified atom stereocenters. The molecule has 1 aromatic rings. The molecule has 204 valence electrons. The van der Waals surface area contributed by atoms with Gasteiger partial charge in [-0.1, -0.05) is 26.3 Å². The predicted molar refractivity (Wildman–Crippen MR) is 120 cm³/mol. The summed E-state index contributed by atoms with van der Waals surface area (Å²) in [5, 5.41) is 0. The van der Waals surface area contributed by atoms with Crippen molar-refractivity contribution >= 4 is 11.9 Å². The van der Waals surface area contributed by atoms with Gasteiger partial charge in [0, 0.05) is 26.3 Å². The van der Waals surface area contributed by atoms with E-state index >= 15 is 0 Å². The standard InChI is InChI=1S/C24H32F6N2O4/c1-6-10-16-15-17(22(35-5,23(25,26)27)24(28,29)30)11-12-18(16)36-14-9-8-13-32-19(33)21(3,7-2)31(4)20(32)34/h11-12,15H,6-10,13-14H2,1-5H3. The van der Waals surface area contributed by atoms with E-state index in [1.165, 1.54) is 9.80 Å². The molecule has 1 aromatic carbocycles. The average molecular weight is 527 g/mol. The molecule has 0 aromatic heterocycles. The number of imide groups is 1. The summed E-state index contributed by atoms with van der Waals surface area (Å²) in [7, 11) is 1.95. The number of rotatable bonds is 11. The third kappa shape index (κ3) is 5.14. The van der Waals surface area contributed by atoms with Crippen LogP contribution in [0.5, 0.6) is 5.75 Å². The maximum absolute atomic E-state index is 13.6. The van der Waals surface area contributed by atoms with Crippen molar-refractivity contribution in [2.45, 2.75) is 76.4 Å². The Hall–Kier alpha value is -2.50. The number of ether oxygens (including phenoxy) is 2. The van der Waals surface area contributed by atoms with Crippen molar-refractivity contribution in [1.82, 2.24) is 9.80 Å². The minimum Gasteiger partial charge on any atom is -0.493 e. The second-order valence-electron chi connectivity index (χ2n) is 8.93. The average Bonchev–Trinajstić information content (AvgIpc) is 2.94. The number of carbonyl (C=O) groups excluding carboxylic acids is 2. The Morgan fingerprint density at radius 2 is 1.61 bits per heavy atom. The van der Waals surface area contributed by atoms with Gasteiger partial charge in [-0.3, -0.25) is 9.69 Å². The molecule has 0 saturated carbocycles. The number of hydrogen-bond acceptors (Lipinski definition) is 4. The highest BCUT2D eigenvalue weighted by molar-refractivity contribution is 6.06. The van der Waals surface area contributed by atoms with E-state index in [9.17, 15) is 35.9 Å². The van der Waals surface area contributed by atoms with Crippen molar-refractivity contribution < 1.29 is 45.4 Å². The van der Waals surface area contributed by atoms with Gasteiger partial charge in [0.1, 0.15) is 11.3 Å². The fourth-order valence-electron chi connectivity index (χ4n) is 4.29. The molecule has 1 saturated heterocycles. The van der Waals surface area contributed by atoms with Crippen LogP contribution < -0.4 is 4.74 Å². The molecular weight excluding hydrogens is 494 g/mol. The number of urea groups is 1. The maximum atomic E-state index is 13.6. The van der Waals surface area contributed by atoms with E-state index in [4.69, 9.17) is 4.74 Å². The number of amides is 3. The Labute approximate surface area is 206 Å². The quantitative estimate of drug-likeness (QED) is 0.207. The van der Waals surface area contributed by atoms with Crippen molar-refractivity contribution in [1.29, 1.82) is 0 Å². The van der Waals surface area contributed by atoms with Crippen molar-refractivity contribution in [2.24, 2.45) is 0 Å². The predicted octanol–water partition coefficient (Wildman–Crippen LogP) is 5.83. The third-order valence-electron chi connectivity index (χ3n) is 6.78. The van der Waals surface area contributed by atoms with E-state index in [0.29, 0.717) is 38.9 Å². The summed E-state index contributed by atoms with van der Waals surface area (Å²) < 4.78 is 91.4. The number of halogens is 6. The van der Waals surface area contributed by atoms with E-state index in [1.807, 2.05) is 6.92 Å². The minimum absolute atomic E-state index is 0.0983. The lowest BCUT2D eigenvalue weighted by molar-refractivity contribution is -0.383. The van der Waals surface area contributed by atoms with Gasteiger partial charge >= 0.3 is 18.4 Å². The molecule has 1 fully saturated rings. The molecule has 0 radical (unpaired) electrons. The number of carbonyl (C=O) groups is 2. The van der Waals surface area contributed by atoms with Crippen molar-refractivity contribution in [3.8, 4) is 5.75 Å². The first-order valence-corrected chi connectivity index (χ1v) is 11.7. The Balaban J connectivity index is 2.12. The summed E-state index contributed by atoms with van der Waals surface area (Å²) in [5.74, 6) is -0.114. The first-order chi connectivity index (χ1) is 16.6. The van der Waals surface area contributed by atoms with Crippen LogP contribution >= 0.6 is 0 Å². The Morgan fingerprint density at radius 1 is 1.00 bits per heavy atom. The molecule has 12 heteroatoms. The fourth-order valence-corrected chi connectivity index (χ4v) is 4.29. The summed E-state index contributed by atoms with van der Waals surface area (Å²) in [6.45, 7) is 5.53. The largest absolute Gasteiger partial charge is 0.493 e. The van der Waals surface area contributed by atoms with E-state index in [2.05, 4.69) is 4.74 Å². The summed E-state index contributed by atoms with van der Waals surface area (Å²) >= 11 is 0. The number of unbranched alkanes of at least 4 members (excludes halogenated alkanes) is 1. The van der Waals surface area contributed by atoms with Crippen LogP contribution in [-0.4, -0.2) is 66.9 Å². The topological polar surface area (TPSA) is 59.1 Å². The SMILES string of the molecule is CCCc1cc(C(OC)(C(F)(F)F)C(F)(F)F)ccc1OCCCCN1C(=O)N(C)C(C)(CC)C1=O. The zero-order valence-corrected chi connectivity index (χ0v) is 21.0. The number of alkyl halides is 6. The fraction of sp³-hybridized carbons (Fsp3) is 0.667. The molecule has 0 N–H and O–H groups in total. The summed E-state index contributed by atoms with van der Waals surface area (Å²) in [4.78, 5) is 27.6. The normalized spacial score (nSPS) is 19.4. The highest BCUT2D eigenvalue weighted by Gasteiger charge is 2.73. The van der Waals surface area contributed by atoms with Crippen molar-refractivity contribution in [3.05, 3.63) is 29.3 Å². The highest BCUT2D eigenvalue weighted by Crippen LogP contribution is 2.53. The lowest BCUT2D eigenvalue weighted by Gasteiger charge is -2.36. The number of methoxy groups -OCH3 is 1. The second kappa shape index (κ2) is 10.9. The highest BCUT2D eigenvalue weighted by atomic mass is 19.4. The molecule has 3 amide bonds. The van der Waals surface area contributed by atoms with E-state index < -0.39 is 29.1 Å². The van der Waals surface area contributed by atoms with Crippen LogP contribution in [0.3, 0.4) is 0 Å². The Bertz CT molecular complexity index is 936. The maximum Gasteiger partial charge on any atom is 0.430 e. The monoisotopic (exact) mass is 526 g/mol. The molecule has 36 heavy (non-hydrogen) atoms. The van der Waals surface area contributed by atoms with Gasteiger partial charge in [-0.15, -0.1) is 0 Å². The molecule has 1 aliphatic rings. The van der Waals surface area contributed by atoms with Gasteiger partial charge in [-0.2, -0.15) is 26.3 Å². The first kappa shape index (κ1) is 29.7. The number of nitrogens with zero attached hydrogens (tertiary/aromatic N) is 2. The smallest absolute Gasteiger partial charge is 0.430 e. The summed E-state index contributed by atoms with van der Waals surface area (Å²) in [5.41, 5.74) is -6.24. The minimum atomic E-state index is -5.74. The Kier molecular flexibility index (Phi) is 8.97. The number of hydrogen-bond donors (Lipinski definition) is 0. The lowest BCUT2D eigenvalue weighted by Crippen LogP contribution is -2.55. The molecule has 1 aliphatic heterocycles. The van der Waals surface area contributed by atoms with Gasteiger partial charge in [-0.05, 0) is 50.3 Å². The van der Waals surface area contributed by atoms with Gasteiger partial charge < -0.3 is 14.4 Å². The third-order valence-corrected chi connectivity index (χ3v) is 6.78. The number of benzene rings is 1. The molecule has 0 spiro atoms. The van der Waals surface area contributed by atoms with Gasteiger partial charge in [0.05, 0.1) is 6.61 Å². The van der Waals surface area contributed by atoms with Crippen LogP contribution in [0.25, 0.3) is 0 Å². The van der Waals surface area contributed by atoms with E-state index in [0.717, 1.165) is 12.1 Å². The van der Waals surface area contributed by atoms with Crippen LogP contribution in [-0.2, 0) is 21.6 Å². The molecule has 6 nitrogen and oxygen atoms in total. The zero-order chi connectivity index (χ0) is 27.5. The molecule has 1 heterocycles. The van der Waals surface area contributed by atoms with Gasteiger partial charge in [-0.25, -0.2) is 4.79 Å². The zero-order valence-electron chi connectivity index (χ0n) is 21.0. The van der Waals surface area contributed by atoms with Gasteiger partial charge in [0.15, 0.2) is 0 Å². The van der Waals surface area contributed by atoms with E-state index in [1.54, 1.807) is 20.9 Å². The van der Waals surface area contributed by atoms with Crippen molar-refractivity contribution in [2.75, 3.05) is 27.3 Å². The number of likely N-dealkylation sites (N-methyl/N-ethyl adjacent to an activating group) is 1. The molecule has 0 aliphatic carbocycles. The molecule has 0 bridgehead atoms. The van der Waals surface area contributed by atoms with Gasteiger partial charge in [0.2, 0.25) is 0 Å². The molecular formula is C24H32F6N2O4. The molecule has 2 rings (SSSR count). The van der Waals surface area contributed by atoms with Crippen molar-refractivity contribution in [3.63, 3.8) is 0 Å². The summed E-state index contributed by atoms with van der Waals surface area (Å²) in [6, 6.07) is 2.23. The van der Waals surface area contributed by atoms with E-state index in [-0.39, 0.29) is 42.8 Å². The van der Waals surface area contributed by atoms with Crippen LogP contribution in [0.15, 0.2) is 18.2 Å². The lowest BCUT2D eigenvalue weighted by atomic mass is 9.89.